The number of benzene rings is 2. The van der Waals surface area contributed by atoms with Crippen molar-refractivity contribution in [1.29, 1.82) is 0 Å². The molecule has 3 aliphatic carbocycles. The number of sulfone groups is 1. The van der Waals surface area contributed by atoms with E-state index in [2.05, 4.69) is 10.6 Å². The molecule has 0 radical (unpaired) electrons. The number of fused-ring (bicyclic) bond motifs is 2. The number of halogens is 4. The Hall–Kier alpha value is -3.88. The molecular formula is C29H30F4N2O8S. The van der Waals surface area contributed by atoms with E-state index in [-0.39, 0.29) is 47.4 Å². The molecule has 2 amide bonds. The second-order valence-corrected chi connectivity index (χ2v) is 13.8. The molecule has 0 aliphatic heterocycles. The maximum Gasteiger partial charge on any atom is 0.501 e. The number of methoxy groups -OCH3 is 1. The minimum Gasteiger partial charge on any atom is -0.496 e. The predicted molar refractivity (Wildman–Crippen MR) is 146 cm³/mol. The Morgan fingerprint density at radius 2 is 1.73 bits per heavy atom. The van der Waals surface area contributed by atoms with Crippen LogP contribution in [0.3, 0.4) is 0 Å². The van der Waals surface area contributed by atoms with Crippen molar-refractivity contribution in [1.82, 2.24) is 5.32 Å². The number of nitrogens with one attached hydrogen (secondary N) is 2. The first-order chi connectivity index (χ1) is 20.5. The number of hydrogen-bond acceptors (Lipinski definition) is 7. The first-order valence-electron chi connectivity index (χ1n) is 13.8. The van der Waals surface area contributed by atoms with Gasteiger partial charge in [-0.05, 0) is 62.3 Å². The number of carbonyl (C=O) groups excluding carboxylic acids is 2. The lowest BCUT2D eigenvalue weighted by molar-refractivity contribution is -0.159. The number of anilines is 1. The molecule has 5 rings (SSSR count). The van der Waals surface area contributed by atoms with Crippen LogP contribution in [-0.4, -0.2) is 56.1 Å². The maximum absolute atomic E-state index is 14.8. The molecule has 238 valence electrons. The number of amides is 2. The van der Waals surface area contributed by atoms with Crippen molar-refractivity contribution in [2.24, 2.45) is 23.2 Å². The van der Waals surface area contributed by atoms with Crippen LogP contribution < -0.4 is 20.1 Å². The highest BCUT2D eigenvalue weighted by molar-refractivity contribution is 7.92. The molecule has 3 N–H and O–H groups in total. The SMILES string of the molecule is COc1cc(F)c(OC2CC(C)(C(=O)O)C2)cc1C(=O)N[C@@H]1[C@@H]2CC[C@@H](C2)[C@@H]1C(=O)Nc1cccc(S(=O)(=O)C(F)(F)F)c1. The van der Waals surface area contributed by atoms with Gasteiger partial charge in [0, 0.05) is 30.6 Å². The smallest absolute Gasteiger partial charge is 0.496 e. The number of carboxylic acid groups (broad SMARTS) is 1. The van der Waals surface area contributed by atoms with E-state index in [1.54, 1.807) is 6.92 Å². The maximum atomic E-state index is 14.8. The first-order valence-corrected chi connectivity index (χ1v) is 15.3. The summed E-state index contributed by atoms with van der Waals surface area (Å²) >= 11 is 0. The Labute approximate surface area is 250 Å². The number of hydrogen-bond donors (Lipinski definition) is 3. The third kappa shape index (κ3) is 5.69. The van der Waals surface area contributed by atoms with Crippen molar-refractivity contribution in [3.8, 4) is 11.5 Å². The number of ether oxygens (including phenoxy) is 2. The van der Waals surface area contributed by atoms with Crippen LogP contribution in [0.5, 0.6) is 11.5 Å². The van der Waals surface area contributed by atoms with E-state index in [0.717, 1.165) is 36.8 Å². The highest BCUT2D eigenvalue weighted by Crippen LogP contribution is 2.49. The van der Waals surface area contributed by atoms with E-state index in [9.17, 15) is 45.5 Å². The van der Waals surface area contributed by atoms with Crippen molar-refractivity contribution in [3.05, 3.63) is 47.8 Å². The van der Waals surface area contributed by atoms with Crippen molar-refractivity contribution in [2.45, 2.75) is 61.6 Å². The summed E-state index contributed by atoms with van der Waals surface area (Å²) in [4.78, 5) is 37.3. The average Bonchev–Trinajstić information content (AvgIpc) is 3.54. The zero-order valence-electron chi connectivity index (χ0n) is 23.6. The first kappa shape index (κ1) is 31.5. The fraction of sp³-hybridized carbons (Fsp3) is 0.483. The normalized spacial score (nSPS) is 27.7. The summed E-state index contributed by atoms with van der Waals surface area (Å²) in [5, 5.41) is 14.7. The lowest BCUT2D eigenvalue weighted by atomic mass is 9.68. The number of rotatable bonds is 9. The summed E-state index contributed by atoms with van der Waals surface area (Å²) < 4.78 is 88.5. The Kier molecular flexibility index (Phi) is 8.06. The summed E-state index contributed by atoms with van der Waals surface area (Å²) in [5.41, 5.74) is -6.72. The number of carboxylic acids is 1. The molecule has 0 spiro atoms. The van der Waals surface area contributed by atoms with Crippen LogP contribution in [0, 0.1) is 29.0 Å². The van der Waals surface area contributed by atoms with E-state index < -0.39 is 67.3 Å². The van der Waals surface area contributed by atoms with E-state index in [1.807, 2.05) is 0 Å². The third-order valence-corrected chi connectivity index (χ3v) is 10.4. The highest BCUT2D eigenvalue weighted by atomic mass is 32.2. The van der Waals surface area contributed by atoms with Gasteiger partial charge >= 0.3 is 11.5 Å². The van der Waals surface area contributed by atoms with Crippen LogP contribution in [-0.2, 0) is 19.4 Å². The lowest BCUT2D eigenvalue weighted by Crippen LogP contribution is -2.48. The molecule has 3 saturated carbocycles. The fourth-order valence-electron chi connectivity index (χ4n) is 6.56. The van der Waals surface area contributed by atoms with Crippen LogP contribution >= 0.6 is 0 Å². The third-order valence-electron chi connectivity index (χ3n) is 8.90. The van der Waals surface area contributed by atoms with Gasteiger partial charge in [-0.1, -0.05) is 6.07 Å². The minimum atomic E-state index is -5.63. The molecule has 2 bridgehead atoms. The van der Waals surface area contributed by atoms with Crippen molar-refractivity contribution in [2.75, 3.05) is 12.4 Å². The summed E-state index contributed by atoms with van der Waals surface area (Å²) in [6.07, 6.45) is 1.76. The van der Waals surface area contributed by atoms with Crippen LogP contribution in [0.15, 0.2) is 41.3 Å². The summed E-state index contributed by atoms with van der Waals surface area (Å²) in [6, 6.07) is 5.32. The predicted octanol–water partition coefficient (Wildman–Crippen LogP) is 4.54. The summed E-state index contributed by atoms with van der Waals surface area (Å²) in [7, 11) is -4.38. The second kappa shape index (κ2) is 11.2. The van der Waals surface area contributed by atoms with Crippen molar-refractivity contribution >= 4 is 33.3 Å². The topological polar surface area (TPSA) is 148 Å². The van der Waals surface area contributed by atoms with Gasteiger partial charge in [-0.2, -0.15) is 13.2 Å². The van der Waals surface area contributed by atoms with Gasteiger partial charge in [0.25, 0.3) is 15.7 Å². The zero-order valence-corrected chi connectivity index (χ0v) is 24.4. The van der Waals surface area contributed by atoms with Crippen LogP contribution in [0.4, 0.5) is 23.2 Å². The van der Waals surface area contributed by atoms with Gasteiger partial charge in [0.15, 0.2) is 11.6 Å². The van der Waals surface area contributed by atoms with Gasteiger partial charge in [-0.15, -0.1) is 0 Å². The molecule has 0 heterocycles. The minimum absolute atomic E-state index is 0.0730. The fourth-order valence-corrected chi connectivity index (χ4v) is 7.37. The molecule has 2 aromatic rings. The Morgan fingerprint density at radius 3 is 2.36 bits per heavy atom. The quantitative estimate of drug-likeness (QED) is 0.338. The summed E-state index contributed by atoms with van der Waals surface area (Å²) in [6.45, 7) is 1.56. The Morgan fingerprint density at radius 1 is 1.05 bits per heavy atom. The molecular weight excluding hydrogens is 612 g/mol. The summed E-state index contributed by atoms with van der Waals surface area (Å²) in [5.74, 6) is -4.41. The molecule has 0 saturated heterocycles. The van der Waals surface area contributed by atoms with Crippen molar-refractivity contribution < 1.29 is 54.9 Å². The van der Waals surface area contributed by atoms with Gasteiger partial charge < -0.3 is 25.2 Å². The molecule has 44 heavy (non-hydrogen) atoms. The largest absolute Gasteiger partial charge is 0.501 e. The number of aliphatic carboxylic acids is 1. The number of carbonyl (C=O) groups is 3. The van der Waals surface area contributed by atoms with E-state index in [0.29, 0.717) is 12.8 Å². The molecule has 15 heteroatoms. The number of alkyl halides is 3. The van der Waals surface area contributed by atoms with Gasteiger partial charge in [-0.3, -0.25) is 14.4 Å². The Bertz CT molecular complexity index is 1610. The van der Waals surface area contributed by atoms with Crippen LogP contribution in [0.2, 0.25) is 0 Å². The molecule has 3 aliphatic rings. The van der Waals surface area contributed by atoms with E-state index in [4.69, 9.17) is 9.47 Å². The lowest BCUT2D eigenvalue weighted by Gasteiger charge is -2.41. The highest BCUT2D eigenvalue weighted by Gasteiger charge is 2.52. The standard InChI is InChI=1S/C29H30F4N2O8S/c1-28(27(38)39)12-17(13-28)43-22-10-19(21(42-2)11-20(22)30)25(36)35-24-15-7-6-14(8-15)23(24)26(37)34-16-4-3-5-18(9-16)44(40,41)29(31,32)33/h3-5,9-11,14-15,17,23-24H,6-8,12-13H2,1-2H3,(H,34,37)(H,35,36)(H,38,39)/t14-,15+,17?,23-,24+,28?/m0/s1. The molecule has 4 atom stereocenters. The molecule has 2 aromatic carbocycles. The van der Waals surface area contributed by atoms with Crippen LogP contribution in [0.1, 0.15) is 49.4 Å². The molecule has 0 aromatic heterocycles. The van der Waals surface area contributed by atoms with E-state index in [1.165, 1.54) is 13.2 Å². The Balaban J connectivity index is 1.33. The van der Waals surface area contributed by atoms with Gasteiger partial charge in [0.2, 0.25) is 5.91 Å². The zero-order chi connectivity index (χ0) is 32.2. The second-order valence-electron chi connectivity index (χ2n) is 11.8. The van der Waals surface area contributed by atoms with Gasteiger partial charge in [0.1, 0.15) is 11.9 Å². The molecule has 0 unspecified atom stereocenters. The molecule has 3 fully saturated rings. The van der Waals surface area contributed by atoms with Crippen LogP contribution in [0.25, 0.3) is 0 Å². The van der Waals surface area contributed by atoms with Crippen molar-refractivity contribution in [3.63, 3.8) is 0 Å². The molecule has 10 nitrogen and oxygen atoms in total. The van der Waals surface area contributed by atoms with Gasteiger partial charge in [-0.25, -0.2) is 12.8 Å². The van der Waals surface area contributed by atoms with Gasteiger partial charge in [0.05, 0.1) is 28.9 Å². The monoisotopic (exact) mass is 642 g/mol. The van der Waals surface area contributed by atoms with E-state index >= 15 is 0 Å². The average molecular weight is 643 g/mol.